The minimum Gasteiger partial charge on any atom is -0.507 e. The third kappa shape index (κ3) is 3.93. The SMILES string of the molecule is COCCN1C(=O)C(=O)/C(=C(\O)c2ccc(F)c(C)c2)C1c1ccc(N(C)C)cc1. The van der Waals surface area contributed by atoms with Crippen molar-refractivity contribution in [2.45, 2.75) is 13.0 Å². The van der Waals surface area contributed by atoms with Gasteiger partial charge in [0.1, 0.15) is 11.6 Å². The molecular weight excluding hydrogens is 387 g/mol. The van der Waals surface area contributed by atoms with Crippen LogP contribution in [0.25, 0.3) is 5.76 Å². The second-order valence-electron chi connectivity index (χ2n) is 7.44. The number of hydrogen-bond donors (Lipinski definition) is 1. The topological polar surface area (TPSA) is 70.1 Å². The van der Waals surface area contributed by atoms with Crippen molar-refractivity contribution >= 4 is 23.1 Å². The van der Waals surface area contributed by atoms with Gasteiger partial charge in [0.05, 0.1) is 18.2 Å². The molecule has 1 fully saturated rings. The van der Waals surface area contributed by atoms with Crippen molar-refractivity contribution in [1.82, 2.24) is 4.90 Å². The molecule has 3 rings (SSSR count). The van der Waals surface area contributed by atoms with Crippen molar-refractivity contribution in [3.05, 3.63) is 70.5 Å². The van der Waals surface area contributed by atoms with E-state index in [2.05, 4.69) is 0 Å². The number of hydrogen-bond acceptors (Lipinski definition) is 5. The Morgan fingerprint density at radius 3 is 2.40 bits per heavy atom. The van der Waals surface area contributed by atoms with Crippen molar-refractivity contribution in [2.24, 2.45) is 0 Å². The van der Waals surface area contributed by atoms with Crippen LogP contribution in [0.3, 0.4) is 0 Å². The van der Waals surface area contributed by atoms with Gasteiger partial charge >= 0.3 is 0 Å². The quantitative estimate of drug-likeness (QED) is 0.448. The first-order chi connectivity index (χ1) is 14.3. The summed E-state index contributed by atoms with van der Waals surface area (Å²) in [6.07, 6.45) is 0. The number of ether oxygens (including phenoxy) is 1. The maximum absolute atomic E-state index is 13.7. The second-order valence-corrected chi connectivity index (χ2v) is 7.44. The molecule has 2 aromatic carbocycles. The summed E-state index contributed by atoms with van der Waals surface area (Å²) in [5.74, 6) is -2.21. The predicted octanol–water partition coefficient (Wildman–Crippen LogP) is 3.27. The molecule has 2 aromatic rings. The fourth-order valence-corrected chi connectivity index (χ4v) is 3.55. The summed E-state index contributed by atoms with van der Waals surface area (Å²) >= 11 is 0. The van der Waals surface area contributed by atoms with E-state index in [1.807, 2.05) is 43.3 Å². The zero-order valence-electron chi connectivity index (χ0n) is 17.5. The molecule has 1 aliphatic rings. The maximum Gasteiger partial charge on any atom is 0.295 e. The predicted molar refractivity (Wildman–Crippen MR) is 113 cm³/mol. The van der Waals surface area contributed by atoms with E-state index in [0.29, 0.717) is 11.1 Å². The van der Waals surface area contributed by atoms with Crippen LogP contribution in [-0.2, 0) is 14.3 Å². The number of aryl methyl sites for hydroxylation is 1. The highest BCUT2D eigenvalue weighted by Crippen LogP contribution is 2.39. The first-order valence-corrected chi connectivity index (χ1v) is 9.57. The van der Waals surface area contributed by atoms with Gasteiger partial charge in [0.15, 0.2) is 0 Å². The van der Waals surface area contributed by atoms with Crippen LogP contribution in [0.4, 0.5) is 10.1 Å². The Kier molecular flexibility index (Phi) is 6.22. The molecular formula is C23H25FN2O4. The minimum atomic E-state index is -0.771. The zero-order valence-corrected chi connectivity index (χ0v) is 17.5. The summed E-state index contributed by atoms with van der Waals surface area (Å²) in [7, 11) is 5.34. The Hall–Kier alpha value is -3.19. The molecule has 0 saturated carbocycles. The van der Waals surface area contributed by atoms with Crippen LogP contribution in [0.5, 0.6) is 0 Å². The van der Waals surface area contributed by atoms with E-state index in [1.54, 1.807) is 6.92 Å². The summed E-state index contributed by atoms with van der Waals surface area (Å²) < 4.78 is 18.8. The van der Waals surface area contributed by atoms with Crippen molar-refractivity contribution in [1.29, 1.82) is 0 Å². The van der Waals surface area contributed by atoms with E-state index >= 15 is 0 Å². The number of Topliss-reactive ketones (excluding diaryl/α,β-unsaturated/α-hetero) is 1. The first-order valence-electron chi connectivity index (χ1n) is 9.57. The van der Waals surface area contributed by atoms with Gasteiger partial charge in [-0.15, -0.1) is 0 Å². The Bertz CT molecular complexity index is 999. The number of halogens is 1. The Labute approximate surface area is 175 Å². The largest absolute Gasteiger partial charge is 0.507 e. The number of likely N-dealkylation sites (tertiary alicyclic amines) is 1. The standard InChI is InChI=1S/C23H25FN2O4/c1-14-13-16(7-10-18(14)24)21(27)19-20(15-5-8-17(9-6-15)25(2)3)26(11-12-30-4)23(29)22(19)28/h5-10,13,20,27H,11-12H2,1-4H3/b21-19-. The number of anilines is 1. The molecule has 30 heavy (non-hydrogen) atoms. The molecule has 0 bridgehead atoms. The molecule has 1 N–H and O–H groups in total. The van der Waals surface area contributed by atoms with Gasteiger partial charge in [-0.05, 0) is 48.4 Å². The molecule has 158 valence electrons. The van der Waals surface area contributed by atoms with Gasteiger partial charge in [0.25, 0.3) is 11.7 Å². The highest BCUT2D eigenvalue weighted by Gasteiger charge is 2.45. The highest BCUT2D eigenvalue weighted by atomic mass is 19.1. The van der Waals surface area contributed by atoms with E-state index in [-0.39, 0.29) is 30.0 Å². The van der Waals surface area contributed by atoms with Gasteiger partial charge in [-0.2, -0.15) is 0 Å². The van der Waals surface area contributed by atoms with Crippen LogP contribution in [0.15, 0.2) is 48.0 Å². The molecule has 1 heterocycles. The number of nitrogens with zero attached hydrogens (tertiary/aromatic N) is 2. The summed E-state index contributed by atoms with van der Waals surface area (Å²) in [6, 6.07) is 10.7. The number of carbonyl (C=O) groups excluding carboxylic acids is 2. The average Bonchev–Trinajstić information content (AvgIpc) is 2.98. The number of rotatable bonds is 6. The summed E-state index contributed by atoms with van der Waals surface area (Å²) in [6.45, 7) is 2.01. The van der Waals surface area contributed by atoms with Crippen LogP contribution in [0, 0.1) is 12.7 Å². The lowest BCUT2D eigenvalue weighted by Gasteiger charge is -2.25. The van der Waals surface area contributed by atoms with E-state index in [1.165, 1.54) is 30.2 Å². The molecule has 1 unspecified atom stereocenters. The van der Waals surface area contributed by atoms with Crippen molar-refractivity contribution in [3.63, 3.8) is 0 Å². The van der Waals surface area contributed by atoms with Crippen LogP contribution in [0.1, 0.15) is 22.7 Å². The molecule has 1 amide bonds. The number of aliphatic hydroxyl groups is 1. The van der Waals surface area contributed by atoms with Crippen LogP contribution < -0.4 is 4.90 Å². The zero-order chi connectivity index (χ0) is 22.0. The van der Waals surface area contributed by atoms with E-state index in [0.717, 1.165) is 5.69 Å². The number of methoxy groups -OCH3 is 1. The lowest BCUT2D eigenvalue weighted by Crippen LogP contribution is -2.32. The monoisotopic (exact) mass is 412 g/mol. The number of carbonyl (C=O) groups is 2. The van der Waals surface area contributed by atoms with Gasteiger partial charge in [0, 0.05) is 39.0 Å². The molecule has 1 atom stereocenters. The van der Waals surface area contributed by atoms with Crippen molar-refractivity contribution in [2.75, 3.05) is 39.3 Å². The third-order valence-electron chi connectivity index (χ3n) is 5.23. The summed E-state index contributed by atoms with van der Waals surface area (Å²) in [5.41, 5.74) is 2.26. The van der Waals surface area contributed by atoms with E-state index in [9.17, 15) is 19.1 Å². The molecule has 6 nitrogen and oxygen atoms in total. The van der Waals surface area contributed by atoms with Gasteiger partial charge in [-0.3, -0.25) is 9.59 Å². The molecule has 1 saturated heterocycles. The molecule has 0 radical (unpaired) electrons. The Morgan fingerprint density at radius 1 is 1.17 bits per heavy atom. The lowest BCUT2D eigenvalue weighted by atomic mass is 9.94. The number of benzene rings is 2. The molecule has 7 heteroatoms. The Morgan fingerprint density at radius 2 is 1.83 bits per heavy atom. The normalized spacial score (nSPS) is 18.2. The molecule has 0 spiro atoms. The van der Waals surface area contributed by atoms with Gasteiger partial charge in [-0.25, -0.2) is 4.39 Å². The lowest BCUT2D eigenvalue weighted by molar-refractivity contribution is -0.140. The maximum atomic E-state index is 13.7. The van der Waals surface area contributed by atoms with Crippen molar-refractivity contribution < 1.29 is 23.8 Å². The summed E-state index contributed by atoms with van der Waals surface area (Å²) in [4.78, 5) is 29.0. The van der Waals surface area contributed by atoms with Crippen molar-refractivity contribution in [3.8, 4) is 0 Å². The number of aliphatic hydroxyl groups excluding tert-OH is 1. The number of amides is 1. The van der Waals surface area contributed by atoms with Crippen LogP contribution >= 0.6 is 0 Å². The van der Waals surface area contributed by atoms with E-state index < -0.39 is 23.5 Å². The van der Waals surface area contributed by atoms with Gasteiger partial charge in [0.2, 0.25) is 0 Å². The van der Waals surface area contributed by atoms with Crippen LogP contribution in [0.2, 0.25) is 0 Å². The average molecular weight is 412 g/mol. The molecule has 1 aliphatic heterocycles. The fraction of sp³-hybridized carbons (Fsp3) is 0.304. The highest BCUT2D eigenvalue weighted by molar-refractivity contribution is 6.46. The molecule has 0 aliphatic carbocycles. The Balaban J connectivity index is 2.15. The van der Waals surface area contributed by atoms with E-state index in [4.69, 9.17) is 4.74 Å². The first kappa shape index (κ1) is 21.5. The third-order valence-corrected chi connectivity index (χ3v) is 5.23. The van der Waals surface area contributed by atoms with Gasteiger partial charge < -0.3 is 19.6 Å². The van der Waals surface area contributed by atoms with Gasteiger partial charge in [-0.1, -0.05) is 12.1 Å². The number of ketones is 1. The molecule has 0 aromatic heterocycles. The smallest absolute Gasteiger partial charge is 0.295 e. The fourth-order valence-electron chi connectivity index (χ4n) is 3.55. The summed E-state index contributed by atoms with van der Waals surface area (Å²) in [5, 5.41) is 11.0. The second kappa shape index (κ2) is 8.67. The van der Waals surface area contributed by atoms with Crippen LogP contribution in [-0.4, -0.2) is 56.1 Å². The minimum absolute atomic E-state index is 0.0142.